The molecule has 100 valence electrons. The van der Waals surface area contributed by atoms with Crippen LogP contribution in [0.15, 0.2) is 0 Å². The maximum absolute atomic E-state index is 12.0. The molecule has 7 heteroatoms. The second kappa shape index (κ2) is 5.57. The molecule has 1 heterocycles. The summed E-state index contributed by atoms with van der Waals surface area (Å²) in [6.45, 7) is 1.41. The van der Waals surface area contributed by atoms with Crippen molar-refractivity contribution in [1.29, 1.82) is 0 Å². The minimum atomic E-state index is -4.38. The molecule has 0 radical (unpaired) electrons. The van der Waals surface area contributed by atoms with Crippen LogP contribution < -0.4 is 11.1 Å². The van der Waals surface area contributed by atoms with Crippen LogP contribution in [0.1, 0.15) is 19.8 Å². The largest absolute Gasteiger partial charge is 0.405 e. The van der Waals surface area contributed by atoms with E-state index in [9.17, 15) is 18.0 Å². The van der Waals surface area contributed by atoms with Crippen LogP contribution in [0, 0.1) is 5.92 Å². The van der Waals surface area contributed by atoms with Gasteiger partial charge in [-0.15, -0.1) is 0 Å². The van der Waals surface area contributed by atoms with Crippen molar-refractivity contribution in [3.63, 3.8) is 0 Å². The van der Waals surface area contributed by atoms with E-state index >= 15 is 0 Å². The fourth-order valence-corrected chi connectivity index (χ4v) is 2.14. The molecule has 3 N–H and O–H groups in total. The van der Waals surface area contributed by atoms with Crippen molar-refractivity contribution >= 4 is 6.03 Å². The van der Waals surface area contributed by atoms with E-state index < -0.39 is 18.8 Å². The first kappa shape index (κ1) is 14.1. The summed E-state index contributed by atoms with van der Waals surface area (Å²) in [4.78, 5) is 13.0. The van der Waals surface area contributed by atoms with Crippen molar-refractivity contribution in [2.45, 2.75) is 32.0 Å². The van der Waals surface area contributed by atoms with Crippen molar-refractivity contribution < 1.29 is 18.0 Å². The van der Waals surface area contributed by atoms with Gasteiger partial charge in [-0.25, -0.2) is 4.79 Å². The highest BCUT2D eigenvalue weighted by atomic mass is 19.4. The van der Waals surface area contributed by atoms with Crippen LogP contribution in [-0.4, -0.2) is 42.8 Å². The van der Waals surface area contributed by atoms with Crippen molar-refractivity contribution in [3.8, 4) is 0 Å². The highest BCUT2D eigenvalue weighted by molar-refractivity contribution is 5.74. The summed E-state index contributed by atoms with van der Waals surface area (Å²) in [5, 5.41) is 1.88. The highest BCUT2D eigenvalue weighted by Gasteiger charge is 2.33. The van der Waals surface area contributed by atoms with Gasteiger partial charge in [-0.2, -0.15) is 13.2 Å². The first-order valence-corrected chi connectivity index (χ1v) is 5.66. The average molecular weight is 253 g/mol. The highest BCUT2D eigenvalue weighted by Crippen LogP contribution is 2.22. The summed E-state index contributed by atoms with van der Waals surface area (Å²) < 4.78 is 35.9. The normalized spacial score (nSPS) is 25.8. The van der Waals surface area contributed by atoms with Crippen molar-refractivity contribution in [2.75, 3.05) is 19.6 Å². The number of likely N-dealkylation sites (tertiary alicyclic amines) is 1. The molecule has 0 aliphatic carbocycles. The fourth-order valence-electron chi connectivity index (χ4n) is 2.14. The molecule has 17 heavy (non-hydrogen) atoms. The minimum Gasteiger partial charge on any atom is -0.329 e. The predicted molar refractivity (Wildman–Crippen MR) is 57.4 cm³/mol. The Bertz CT molecular complexity index is 270. The molecular weight excluding hydrogens is 235 g/mol. The van der Waals surface area contributed by atoms with Crippen molar-refractivity contribution in [1.82, 2.24) is 10.2 Å². The average Bonchev–Trinajstić information content (AvgIpc) is 2.24. The molecule has 0 aromatic rings. The van der Waals surface area contributed by atoms with Gasteiger partial charge < -0.3 is 16.0 Å². The van der Waals surface area contributed by atoms with E-state index in [2.05, 4.69) is 0 Å². The molecule has 0 aromatic heterocycles. The number of carbonyl (C=O) groups excluding carboxylic acids is 1. The third-order valence-corrected chi connectivity index (χ3v) is 3.06. The number of nitrogens with two attached hydrogens (primary N) is 1. The number of hydrogen-bond donors (Lipinski definition) is 2. The van der Waals surface area contributed by atoms with Gasteiger partial charge in [0.25, 0.3) is 0 Å². The lowest BCUT2D eigenvalue weighted by Crippen LogP contribution is -2.55. The molecule has 0 aromatic carbocycles. The van der Waals surface area contributed by atoms with E-state index in [1.165, 1.54) is 4.90 Å². The Balaban J connectivity index is 2.54. The molecule has 4 nitrogen and oxygen atoms in total. The summed E-state index contributed by atoms with van der Waals surface area (Å²) in [5.74, 6) is 0.227. The molecular formula is C10H18F3N3O. The monoisotopic (exact) mass is 253 g/mol. The fraction of sp³-hybridized carbons (Fsp3) is 0.900. The number of nitrogens with zero attached hydrogens (tertiary/aromatic N) is 1. The number of nitrogens with one attached hydrogen (secondary N) is 1. The number of rotatable bonds is 2. The van der Waals surface area contributed by atoms with Crippen LogP contribution in [0.3, 0.4) is 0 Å². The van der Waals surface area contributed by atoms with E-state index in [-0.39, 0.29) is 18.5 Å². The Morgan fingerprint density at radius 1 is 1.53 bits per heavy atom. The van der Waals surface area contributed by atoms with Gasteiger partial charge >= 0.3 is 12.2 Å². The zero-order valence-electron chi connectivity index (χ0n) is 9.76. The van der Waals surface area contributed by atoms with E-state index in [4.69, 9.17) is 5.73 Å². The number of carbonyl (C=O) groups is 1. The zero-order chi connectivity index (χ0) is 13.1. The summed E-state index contributed by atoms with van der Waals surface area (Å²) in [5.41, 5.74) is 5.56. The van der Waals surface area contributed by atoms with E-state index in [1.807, 2.05) is 12.2 Å². The zero-order valence-corrected chi connectivity index (χ0v) is 9.76. The Hall–Kier alpha value is -0.980. The van der Waals surface area contributed by atoms with Crippen molar-refractivity contribution in [3.05, 3.63) is 0 Å². The smallest absolute Gasteiger partial charge is 0.329 e. The SMILES string of the molecule is CC1CCCN(C(=O)NCC(F)(F)F)C1CN. The van der Waals surface area contributed by atoms with E-state index in [1.54, 1.807) is 0 Å². The molecule has 0 bridgehead atoms. The molecule has 2 atom stereocenters. The molecule has 1 saturated heterocycles. The number of piperidine rings is 1. The summed E-state index contributed by atoms with van der Waals surface area (Å²) in [7, 11) is 0. The van der Waals surface area contributed by atoms with Crippen LogP contribution in [0.25, 0.3) is 0 Å². The van der Waals surface area contributed by atoms with Gasteiger partial charge in [-0.3, -0.25) is 0 Å². The number of urea groups is 1. The molecule has 2 amide bonds. The summed E-state index contributed by atoms with van der Waals surface area (Å²) in [6, 6.07) is -0.846. The summed E-state index contributed by atoms with van der Waals surface area (Å²) >= 11 is 0. The molecule has 1 rings (SSSR count). The van der Waals surface area contributed by atoms with Crippen LogP contribution in [0.5, 0.6) is 0 Å². The number of amides is 2. The standard InChI is InChI=1S/C10H18F3N3O/c1-7-3-2-4-16(8(7)5-14)9(17)15-6-10(11,12)13/h7-8H,2-6,14H2,1H3,(H,15,17). The Morgan fingerprint density at radius 3 is 2.71 bits per heavy atom. The summed E-state index contributed by atoms with van der Waals surface area (Å²) in [6.07, 6.45) is -2.63. The maximum atomic E-state index is 12.0. The van der Waals surface area contributed by atoms with Gasteiger partial charge in [0.1, 0.15) is 6.54 Å². The van der Waals surface area contributed by atoms with Gasteiger partial charge in [-0.1, -0.05) is 6.92 Å². The minimum absolute atomic E-state index is 0.169. The van der Waals surface area contributed by atoms with Crippen LogP contribution in [0.4, 0.5) is 18.0 Å². The molecule has 0 spiro atoms. The molecule has 1 fully saturated rings. The van der Waals surface area contributed by atoms with Crippen molar-refractivity contribution in [2.24, 2.45) is 11.7 Å². The Labute approximate surface area is 98.3 Å². The molecule has 0 saturated carbocycles. The van der Waals surface area contributed by atoms with Gasteiger partial charge in [0.15, 0.2) is 0 Å². The van der Waals surface area contributed by atoms with Gasteiger partial charge in [-0.05, 0) is 18.8 Å². The Morgan fingerprint density at radius 2 is 2.18 bits per heavy atom. The second-order valence-electron chi connectivity index (χ2n) is 4.39. The van der Waals surface area contributed by atoms with Gasteiger partial charge in [0, 0.05) is 19.1 Å². The topological polar surface area (TPSA) is 58.4 Å². The molecule has 2 unspecified atom stereocenters. The van der Waals surface area contributed by atoms with E-state index in [0.717, 1.165) is 12.8 Å². The predicted octanol–water partition coefficient (Wildman–Crippen LogP) is 1.32. The van der Waals surface area contributed by atoms with Gasteiger partial charge in [0.2, 0.25) is 0 Å². The first-order chi connectivity index (χ1) is 7.85. The molecule has 1 aliphatic heterocycles. The van der Waals surface area contributed by atoms with Crippen LogP contribution in [0.2, 0.25) is 0 Å². The van der Waals surface area contributed by atoms with E-state index in [0.29, 0.717) is 6.54 Å². The molecule has 1 aliphatic rings. The second-order valence-corrected chi connectivity index (χ2v) is 4.39. The maximum Gasteiger partial charge on any atom is 0.405 e. The number of halogens is 3. The number of alkyl halides is 3. The lowest BCUT2D eigenvalue weighted by atomic mass is 9.91. The number of hydrogen-bond acceptors (Lipinski definition) is 2. The first-order valence-electron chi connectivity index (χ1n) is 5.66. The Kier molecular flexibility index (Phi) is 4.62. The lowest BCUT2D eigenvalue weighted by Gasteiger charge is -2.39. The van der Waals surface area contributed by atoms with Crippen LogP contribution in [-0.2, 0) is 0 Å². The van der Waals surface area contributed by atoms with Crippen LogP contribution >= 0.6 is 0 Å². The third-order valence-electron chi connectivity index (χ3n) is 3.06. The third kappa shape index (κ3) is 4.07. The quantitative estimate of drug-likeness (QED) is 0.779. The lowest BCUT2D eigenvalue weighted by molar-refractivity contribution is -0.123. The van der Waals surface area contributed by atoms with Gasteiger partial charge in [0.05, 0.1) is 0 Å².